The second-order valence-corrected chi connectivity index (χ2v) is 3.50. The lowest BCUT2D eigenvalue weighted by Crippen LogP contribution is -2.28. The number of likely N-dealkylation sites (tertiary alicyclic amines) is 1. The maximum absolute atomic E-state index is 11.3. The Labute approximate surface area is 87.1 Å². The summed E-state index contributed by atoms with van der Waals surface area (Å²) < 4.78 is 0. The summed E-state index contributed by atoms with van der Waals surface area (Å²) in [6, 6.07) is 6.71. The monoisotopic (exact) mass is 205 g/mol. The Hall–Kier alpha value is -1.84. The number of rotatable bonds is 2. The van der Waals surface area contributed by atoms with Gasteiger partial charge in [0.2, 0.25) is 11.8 Å². The van der Waals surface area contributed by atoms with Crippen molar-refractivity contribution in [3.8, 4) is 5.75 Å². The van der Waals surface area contributed by atoms with Crippen molar-refractivity contribution in [2.75, 3.05) is 0 Å². The molecule has 1 aliphatic heterocycles. The molecule has 4 heteroatoms. The fourth-order valence-electron chi connectivity index (χ4n) is 1.61. The van der Waals surface area contributed by atoms with Gasteiger partial charge in [0.05, 0.1) is 6.54 Å². The molecule has 0 radical (unpaired) electrons. The molecule has 15 heavy (non-hydrogen) atoms. The third kappa shape index (κ3) is 1.83. The Morgan fingerprint density at radius 3 is 2.33 bits per heavy atom. The van der Waals surface area contributed by atoms with E-state index in [-0.39, 0.29) is 37.0 Å². The third-order valence-corrected chi connectivity index (χ3v) is 2.47. The van der Waals surface area contributed by atoms with Crippen LogP contribution in [0.2, 0.25) is 0 Å². The van der Waals surface area contributed by atoms with Gasteiger partial charge in [-0.2, -0.15) is 0 Å². The number of benzene rings is 1. The molecule has 2 rings (SSSR count). The number of hydrogen-bond acceptors (Lipinski definition) is 3. The summed E-state index contributed by atoms with van der Waals surface area (Å²) in [5.41, 5.74) is 0.598. The number of para-hydroxylation sites is 1. The summed E-state index contributed by atoms with van der Waals surface area (Å²) in [6.07, 6.45) is 0.568. The van der Waals surface area contributed by atoms with Crippen LogP contribution in [-0.2, 0) is 16.1 Å². The lowest BCUT2D eigenvalue weighted by atomic mass is 10.2. The fraction of sp³-hybridized carbons (Fsp3) is 0.273. The van der Waals surface area contributed by atoms with Crippen molar-refractivity contribution in [1.29, 1.82) is 0 Å². The Kier molecular flexibility index (Phi) is 2.41. The van der Waals surface area contributed by atoms with Gasteiger partial charge < -0.3 is 5.11 Å². The van der Waals surface area contributed by atoms with Crippen molar-refractivity contribution >= 4 is 11.8 Å². The van der Waals surface area contributed by atoms with Gasteiger partial charge in [-0.3, -0.25) is 14.5 Å². The van der Waals surface area contributed by atoms with Crippen LogP contribution in [0.4, 0.5) is 0 Å². The van der Waals surface area contributed by atoms with E-state index in [1.165, 1.54) is 4.90 Å². The smallest absolute Gasteiger partial charge is 0.230 e. The molecule has 1 saturated heterocycles. The lowest BCUT2D eigenvalue weighted by molar-refractivity contribution is -0.139. The van der Waals surface area contributed by atoms with Gasteiger partial charge in [0.25, 0.3) is 0 Å². The molecular weight excluding hydrogens is 194 g/mol. The van der Waals surface area contributed by atoms with E-state index < -0.39 is 0 Å². The second-order valence-electron chi connectivity index (χ2n) is 3.50. The highest BCUT2D eigenvalue weighted by molar-refractivity contribution is 6.01. The largest absolute Gasteiger partial charge is 0.508 e. The van der Waals surface area contributed by atoms with Gasteiger partial charge in [-0.15, -0.1) is 0 Å². The summed E-state index contributed by atoms with van der Waals surface area (Å²) >= 11 is 0. The van der Waals surface area contributed by atoms with E-state index in [0.29, 0.717) is 5.56 Å². The predicted molar refractivity (Wildman–Crippen MR) is 52.9 cm³/mol. The summed E-state index contributed by atoms with van der Waals surface area (Å²) in [6.45, 7) is 0.171. The molecule has 0 aliphatic carbocycles. The van der Waals surface area contributed by atoms with E-state index in [1.807, 2.05) is 0 Å². The quantitative estimate of drug-likeness (QED) is 0.734. The first-order chi connectivity index (χ1) is 7.18. The number of carbonyl (C=O) groups is 2. The number of nitrogens with zero attached hydrogens (tertiary/aromatic N) is 1. The van der Waals surface area contributed by atoms with Crippen molar-refractivity contribution in [3.05, 3.63) is 29.8 Å². The van der Waals surface area contributed by atoms with Gasteiger partial charge in [0.15, 0.2) is 0 Å². The van der Waals surface area contributed by atoms with Crippen LogP contribution in [0.25, 0.3) is 0 Å². The molecule has 1 fully saturated rings. The maximum atomic E-state index is 11.3. The molecule has 0 atom stereocenters. The highest BCUT2D eigenvalue weighted by atomic mass is 16.3. The fourth-order valence-corrected chi connectivity index (χ4v) is 1.61. The van der Waals surface area contributed by atoms with E-state index in [4.69, 9.17) is 0 Å². The molecule has 0 bridgehead atoms. The number of aromatic hydroxyl groups is 1. The normalized spacial score (nSPS) is 16.1. The van der Waals surface area contributed by atoms with E-state index in [2.05, 4.69) is 0 Å². The molecule has 78 valence electrons. The number of phenols is 1. The number of carbonyl (C=O) groups excluding carboxylic acids is 2. The topological polar surface area (TPSA) is 57.6 Å². The van der Waals surface area contributed by atoms with E-state index in [0.717, 1.165) is 0 Å². The highest BCUT2D eigenvalue weighted by Gasteiger charge is 2.29. The molecule has 0 unspecified atom stereocenters. The van der Waals surface area contributed by atoms with Gasteiger partial charge in [-0.1, -0.05) is 18.2 Å². The van der Waals surface area contributed by atoms with Crippen molar-refractivity contribution in [2.24, 2.45) is 0 Å². The second kappa shape index (κ2) is 3.73. The lowest BCUT2D eigenvalue weighted by Gasteiger charge is -2.14. The van der Waals surface area contributed by atoms with E-state index in [1.54, 1.807) is 24.3 Å². The molecule has 4 nitrogen and oxygen atoms in total. The predicted octanol–water partition coefficient (Wildman–Crippen LogP) is 1.04. The zero-order valence-electron chi connectivity index (χ0n) is 8.14. The number of hydrogen-bond donors (Lipinski definition) is 1. The van der Waals surface area contributed by atoms with Gasteiger partial charge in [-0.25, -0.2) is 0 Å². The van der Waals surface area contributed by atoms with Crippen molar-refractivity contribution in [3.63, 3.8) is 0 Å². The first kappa shape index (κ1) is 9.71. The summed E-state index contributed by atoms with van der Waals surface area (Å²) in [4.78, 5) is 23.8. The average molecular weight is 205 g/mol. The third-order valence-electron chi connectivity index (χ3n) is 2.47. The van der Waals surface area contributed by atoms with Gasteiger partial charge >= 0.3 is 0 Å². The average Bonchev–Trinajstić information content (AvgIpc) is 2.53. The van der Waals surface area contributed by atoms with Crippen LogP contribution in [0.1, 0.15) is 18.4 Å². The minimum Gasteiger partial charge on any atom is -0.508 e. The van der Waals surface area contributed by atoms with Crippen molar-refractivity contribution in [2.45, 2.75) is 19.4 Å². The summed E-state index contributed by atoms with van der Waals surface area (Å²) in [7, 11) is 0. The van der Waals surface area contributed by atoms with Gasteiger partial charge in [0, 0.05) is 18.4 Å². The van der Waals surface area contributed by atoms with Crippen LogP contribution in [0.5, 0.6) is 5.75 Å². The first-order valence-corrected chi connectivity index (χ1v) is 4.78. The first-order valence-electron chi connectivity index (χ1n) is 4.78. The van der Waals surface area contributed by atoms with E-state index in [9.17, 15) is 14.7 Å². The SMILES string of the molecule is O=C1CCC(=O)N1Cc1ccccc1O. The Bertz CT molecular complexity index is 398. The minimum absolute atomic E-state index is 0.116. The Morgan fingerprint density at radius 1 is 1.13 bits per heavy atom. The molecule has 1 N–H and O–H groups in total. The van der Waals surface area contributed by atoms with Crippen molar-refractivity contribution < 1.29 is 14.7 Å². The van der Waals surface area contributed by atoms with Crippen LogP contribution in [0.15, 0.2) is 24.3 Å². The van der Waals surface area contributed by atoms with Crippen LogP contribution in [-0.4, -0.2) is 21.8 Å². The molecule has 0 spiro atoms. The van der Waals surface area contributed by atoms with Crippen LogP contribution in [0, 0.1) is 0 Å². The number of amides is 2. The molecule has 1 aliphatic rings. The van der Waals surface area contributed by atoms with Crippen LogP contribution in [0.3, 0.4) is 0 Å². The molecule has 1 heterocycles. The maximum Gasteiger partial charge on any atom is 0.230 e. The van der Waals surface area contributed by atoms with Crippen molar-refractivity contribution in [1.82, 2.24) is 4.90 Å². The number of phenolic OH excluding ortho intramolecular Hbond substituents is 1. The van der Waals surface area contributed by atoms with Crippen LogP contribution >= 0.6 is 0 Å². The Balaban J connectivity index is 2.18. The van der Waals surface area contributed by atoms with Gasteiger partial charge in [0.1, 0.15) is 5.75 Å². The molecular formula is C11H11NO3. The minimum atomic E-state index is -0.164. The highest BCUT2D eigenvalue weighted by Crippen LogP contribution is 2.21. The van der Waals surface area contributed by atoms with Gasteiger partial charge in [-0.05, 0) is 6.07 Å². The summed E-state index contributed by atoms with van der Waals surface area (Å²) in [5.74, 6) is -0.212. The zero-order chi connectivity index (χ0) is 10.8. The van der Waals surface area contributed by atoms with Crippen LogP contribution < -0.4 is 0 Å². The molecule has 1 aromatic carbocycles. The Morgan fingerprint density at radius 2 is 1.73 bits per heavy atom. The molecule has 0 saturated carbocycles. The van der Waals surface area contributed by atoms with E-state index >= 15 is 0 Å². The summed E-state index contributed by atoms with van der Waals surface area (Å²) in [5, 5.41) is 9.49. The number of imide groups is 1. The zero-order valence-corrected chi connectivity index (χ0v) is 8.14. The molecule has 0 aromatic heterocycles. The molecule has 1 aromatic rings. The standard InChI is InChI=1S/C11H11NO3/c13-9-4-2-1-3-8(9)7-12-10(14)5-6-11(12)15/h1-4,13H,5-7H2. The molecule has 2 amide bonds.